The molecule has 1 aromatic carbocycles. The van der Waals surface area contributed by atoms with Crippen molar-refractivity contribution in [1.82, 2.24) is 15.1 Å². The van der Waals surface area contributed by atoms with Gasteiger partial charge in [-0.25, -0.2) is 0 Å². The van der Waals surface area contributed by atoms with E-state index < -0.39 is 0 Å². The maximum atomic E-state index is 4.40. The Bertz CT molecular complexity index is 561. The van der Waals surface area contributed by atoms with Gasteiger partial charge in [0, 0.05) is 18.5 Å². The maximum absolute atomic E-state index is 4.40. The third kappa shape index (κ3) is 3.61. The Morgan fingerprint density at radius 3 is 2.68 bits per heavy atom. The van der Waals surface area contributed by atoms with Gasteiger partial charge in [0.25, 0.3) is 0 Å². The monoisotopic (exact) mass is 275 g/mol. The molecule has 0 aliphatic carbocycles. The van der Waals surface area contributed by atoms with Crippen LogP contribution < -0.4 is 5.32 Å². The predicted octanol–water partition coefficient (Wildman–Crippen LogP) is 3.30. The lowest BCUT2D eigenvalue weighted by molar-refractivity contribution is 0.691. The van der Waals surface area contributed by atoms with Crippen LogP contribution in [0.3, 0.4) is 0 Å². The van der Waals surface area contributed by atoms with Gasteiger partial charge in [-0.3, -0.25) is 4.68 Å². The zero-order chi connectivity index (χ0) is 13.8. The van der Waals surface area contributed by atoms with Gasteiger partial charge in [-0.05, 0) is 38.1 Å². The van der Waals surface area contributed by atoms with Gasteiger partial charge in [0.05, 0.1) is 10.7 Å². The van der Waals surface area contributed by atoms with E-state index in [9.17, 15) is 0 Å². The van der Waals surface area contributed by atoms with Gasteiger partial charge in [0.1, 0.15) is 0 Å². The molecule has 2 aromatic rings. The lowest BCUT2D eigenvalue weighted by Crippen LogP contribution is -2.12. The van der Waals surface area contributed by atoms with Gasteiger partial charge in [-0.1, -0.05) is 36.4 Å². The molecule has 2 rings (SSSR count). The van der Waals surface area contributed by atoms with Crippen LogP contribution in [0.25, 0.3) is 0 Å². The van der Waals surface area contributed by atoms with Crippen molar-refractivity contribution in [1.29, 1.82) is 0 Å². The summed E-state index contributed by atoms with van der Waals surface area (Å²) in [5.74, 6) is 0. The summed E-state index contributed by atoms with van der Waals surface area (Å²) < 4.78 is 1.94. The molecular formula is C15H21N3S. The topological polar surface area (TPSA) is 29.9 Å². The Morgan fingerprint density at radius 1 is 1.26 bits per heavy atom. The highest BCUT2D eigenvalue weighted by Crippen LogP contribution is 2.31. The van der Waals surface area contributed by atoms with Crippen LogP contribution in [0.4, 0.5) is 0 Å². The van der Waals surface area contributed by atoms with Crippen LogP contribution in [0.2, 0.25) is 0 Å². The van der Waals surface area contributed by atoms with Crippen LogP contribution in [0.1, 0.15) is 23.7 Å². The lowest BCUT2D eigenvalue weighted by atomic mass is 10.1. The fraction of sp³-hybridized carbons (Fsp3) is 0.400. The number of hydrogen-bond acceptors (Lipinski definition) is 3. The number of nitrogens with zero attached hydrogens (tertiary/aromatic N) is 2. The highest BCUT2D eigenvalue weighted by Gasteiger charge is 2.08. The third-order valence-corrected chi connectivity index (χ3v) is 4.16. The highest BCUT2D eigenvalue weighted by atomic mass is 32.2. The molecule has 3 nitrogen and oxygen atoms in total. The standard InChI is InChI=1S/C15H21N3S/c1-5-16-10-13-8-11(2)6-7-14(13)19-15-9-12(3)17-18(15)4/h6-9,16H,5,10H2,1-4H3. The number of nitrogens with one attached hydrogen (secondary N) is 1. The Hall–Kier alpha value is -1.26. The predicted molar refractivity (Wildman–Crippen MR) is 80.6 cm³/mol. The molecule has 0 atom stereocenters. The van der Waals surface area contributed by atoms with E-state index in [1.165, 1.54) is 21.0 Å². The number of aromatic nitrogens is 2. The Labute approximate surface area is 119 Å². The molecular weight excluding hydrogens is 254 g/mol. The van der Waals surface area contributed by atoms with Crippen LogP contribution in [-0.4, -0.2) is 16.3 Å². The first-order chi connectivity index (χ1) is 9.10. The molecule has 0 spiro atoms. The summed E-state index contributed by atoms with van der Waals surface area (Å²) in [5.41, 5.74) is 3.72. The van der Waals surface area contributed by atoms with E-state index in [1.807, 2.05) is 18.7 Å². The number of benzene rings is 1. The first kappa shape index (κ1) is 14.2. The van der Waals surface area contributed by atoms with Crippen molar-refractivity contribution >= 4 is 11.8 Å². The molecule has 0 fully saturated rings. The second-order valence-electron chi connectivity index (χ2n) is 4.74. The lowest BCUT2D eigenvalue weighted by Gasteiger charge is -2.10. The molecule has 0 saturated carbocycles. The quantitative estimate of drug-likeness (QED) is 0.908. The molecule has 19 heavy (non-hydrogen) atoms. The molecule has 0 unspecified atom stereocenters. The summed E-state index contributed by atoms with van der Waals surface area (Å²) in [5, 5.41) is 8.98. The fourth-order valence-corrected chi connectivity index (χ4v) is 3.03. The van der Waals surface area contributed by atoms with Gasteiger partial charge in [-0.2, -0.15) is 5.10 Å². The summed E-state index contributed by atoms with van der Waals surface area (Å²) in [6, 6.07) is 8.76. The highest BCUT2D eigenvalue weighted by molar-refractivity contribution is 7.99. The average molecular weight is 275 g/mol. The maximum Gasteiger partial charge on any atom is 0.0987 e. The van der Waals surface area contributed by atoms with Crippen LogP contribution >= 0.6 is 11.8 Å². The van der Waals surface area contributed by atoms with E-state index in [0.717, 1.165) is 18.8 Å². The first-order valence-electron chi connectivity index (χ1n) is 6.59. The van der Waals surface area contributed by atoms with E-state index in [1.54, 1.807) is 11.8 Å². The summed E-state index contributed by atoms with van der Waals surface area (Å²) >= 11 is 1.78. The molecule has 1 aromatic heterocycles. The van der Waals surface area contributed by atoms with Gasteiger partial charge >= 0.3 is 0 Å². The van der Waals surface area contributed by atoms with E-state index in [2.05, 4.69) is 48.5 Å². The van der Waals surface area contributed by atoms with E-state index >= 15 is 0 Å². The first-order valence-corrected chi connectivity index (χ1v) is 7.40. The number of aryl methyl sites for hydroxylation is 3. The van der Waals surface area contributed by atoms with Crippen LogP contribution in [0.15, 0.2) is 34.2 Å². The zero-order valence-corrected chi connectivity index (χ0v) is 12.8. The minimum absolute atomic E-state index is 0.914. The van der Waals surface area contributed by atoms with Crippen LogP contribution in [0.5, 0.6) is 0 Å². The summed E-state index contributed by atoms with van der Waals surface area (Å²) in [6.45, 7) is 8.20. The SMILES string of the molecule is CCNCc1cc(C)ccc1Sc1cc(C)nn1C. The second kappa shape index (κ2) is 6.26. The second-order valence-corrected chi connectivity index (χ2v) is 5.80. The Balaban J connectivity index is 2.26. The molecule has 0 bridgehead atoms. The van der Waals surface area contributed by atoms with Crippen molar-refractivity contribution in [3.63, 3.8) is 0 Å². The number of hydrogen-bond donors (Lipinski definition) is 1. The largest absolute Gasteiger partial charge is 0.313 e. The Morgan fingerprint density at radius 2 is 2.05 bits per heavy atom. The van der Waals surface area contributed by atoms with Crippen molar-refractivity contribution < 1.29 is 0 Å². The van der Waals surface area contributed by atoms with Crippen molar-refractivity contribution in [2.45, 2.75) is 37.2 Å². The minimum Gasteiger partial charge on any atom is -0.313 e. The molecule has 1 N–H and O–H groups in total. The number of rotatable bonds is 5. The molecule has 0 aliphatic rings. The molecule has 102 valence electrons. The van der Waals surface area contributed by atoms with E-state index in [4.69, 9.17) is 0 Å². The minimum atomic E-state index is 0.914. The van der Waals surface area contributed by atoms with Gasteiger partial charge in [-0.15, -0.1) is 0 Å². The summed E-state index contributed by atoms with van der Waals surface area (Å²) in [7, 11) is 1.99. The van der Waals surface area contributed by atoms with Crippen molar-refractivity contribution in [3.8, 4) is 0 Å². The normalized spacial score (nSPS) is 10.9. The van der Waals surface area contributed by atoms with Crippen LogP contribution in [0, 0.1) is 13.8 Å². The van der Waals surface area contributed by atoms with Crippen molar-refractivity contribution in [2.24, 2.45) is 7.05 Å². The van der Waals surface area contributed by atoms with E-state index in [-0.39, 0.29) is 0 Å². The fourth-order valence-electron chi connectivity index (χ4n) is 2.00. The van der Waals surface area contributed by atoms with Gasteiger partial charge in [0.2, 0.25) is 0 Å². The van der Waals surface area contributed by atoms with Crippen molar-refractivity contribution in [3.05, 3.63) is 41.1 Å². The van der Waals surface area contributed by atoms with Crippen molar-refractivity contribution in [2.75, 3.05) is 6.54 Å². The van der Waals surface area contributed by atoms with Crippen LogP contribution in [-0.2, 0) is 13.6 Å². The average Bonchev–Trinajstić information content (AvgIpc) is 2.68. The smallest absolute Gasteiger partial charge is 0.0987 e. The van der Waals surface area contributed by atoms with E-state index in [0.29, 0.717) is 0 Å². The summed E-state index contributed by atoms with van der Waals surface area (Å²) in [4.78, 5) is 1.30. The molecule has 0 radical (unpaired) electrons. The third-order valence-electron chi connectivity index (χ3n) is 2.96. The molecule has 4 heteroatoms. The summed E-state index contributed by atoms with van der Waals surface area (Å²) in [6.07, 6.45) is 0. The Kier molecular flexibility index (Phi) is 4.66. The molecule has 1 heterocycles. The molecule has 0 aliphatic heterocycles. The molecule has 0 saturated heterocycles. The van der Waals surface area contributed by atoms with Gasteiger partial charge < -0.3 is 5.32 Å². The zero-order valence-electron chi connectivity index (χ0n) is 12.0. The molecule has 0 amide bonds. The van der Waals surface area contributed by atoms with Gasteiger partial charge in [0.15, 0.2) is 0 Å².